The van der Waals surface area contributed by atoms with Crippen molar-refractivity contribution in [3.63, 3.8) is 0 Å². The van der Waals surface area contributed by atoms with Crippen molar-refractivity contribution in [2.24, 2.45) is 11.8 Å². The van der Waals surface area contributed by atoms with E-state index < -0.39 is 17.9 Å². The van der Waals surface area contributed by atoms with Gasteiger partial charge in [0, 0.05) is 17.7 Å². The standard InChI is InChI=1S/C18H26O3.C17H24O3.C11H12O3/c1-3-4-5-6-7-8-15-21-18(19)14-11-16-9-12-17(20-2)13-10-16;1-3-5-8-13(4-2)11-15(17(19)20)12-14-9-6-7-10-16(14)18;1-2-14-10-6-3-9(4-7-10)5-8-11(12)13/h9-14H,3-8,15H2,1-2H3;6-7,9-10,12-14H,3-5,8,11H2,1-2H3,(H,19,20);3-8H,2H2,1H3,(H,12,13). The Kier molecular flexibility index (Phi) is 26.3. The summed E-state index contributed by atoms with van der Waals surface area (Å²) in [4.78, 5) is 44.9. The number of hydrogen-bond acceptors (Lipinski definition) is 7. The molecule has 0 saturated heterocycles. The number of ketones is 1. The lowest BCUT2D eigenvalue weighted by Gasteiger charge is -2.16. The summed E-state index contributed by atoms with van der Waals surface area (Å²) in [7, 11) is 1.63. The molecular weight excluding hydrogens is 696 g/mol. The van der Waals surface area contributed by atoms with E-state index in [0.717, 1.165) is 67.2 Å². The van der Waals surface area contributed by atoms with Crippen LogP contribution in [0.4, 0.5) is 0 Å². The number of hydrogen-bond donors (Lipinski definition) is 2. The van der Waals surface area contributed by atoms with Crippen molar-refractivity contribution in [2.75, 3.05) is 20.3 Å². The normalized spacial score (nSPS) is 14.1. The third-order valence-corrected chi connectivity index (χ3v) is 8.61. The molecule has 9 heteroatoms. The number of carboxylic acids is 2. The Hall–Kier alpha value is -5.18. The Morgan fingerprint density at radius 3 is 1.91 bits per heavy atom. The van der Waals surface area contributed by atoms with Crippen molar-refractivity contribution < 1.29 is 43.6 Å². The van der Waals surface area contributed by atoms with Crippen molar-refractivity contribution >= 4 is 35.8 Å². The van der Waals surface area contributed by atoms with Gasteiger partial charge in [0.25, 0.3) is 0 Å². The zero-order valence-electron chi connectivity index (χ0n) is 33.4. The molecule has 2 N–H and O–H groups in total. The highest BCUT2D eigenvalue weighted by Gasteiger charge is 2.19. The van der Waals surface area contributed by atoms with Crippen molar-refractivity contribution in [2.45, 2.75) is 98.3 Å². The Morgan fingerprint density at radius 2 is 1.36 bits per heavy atom. The van der Waals surface area contributed by atoms with E-state index >= 15 is 0 Å². The molecule has 0 radical (unpaired) electrons. The highest BCUT2D eigenvalue weighted by molar-refractivity contribution is 5.97. The topological polar surface area (TPSA) is 136 Å². The second kappa shape index (κ2) is 30.2. The Balaban J connectivity index is 0.000000421. The maximum atomic E-state index is 11.7. The molecule has 1 aliphatic carbocycles. The van der Waals surface area contributed by atoms with E-state index in [4.69, 9.17) is 19.3 Å². The largest absolute Gasteiger partial charge is 0.497 e. The predicted molar refractivity (Wildman–Crippen MR) is 221 cm³/mol. The second-order valence-electron chi connectivity index (χ2n) is 13.0. The quantitative estimate of drug-likeness (QED) is 0.0683. The Labute approximate surface area is 328 Å². The average molecular weight is 759 g/mol. The number of benzene rings is 2. The van der Waals surface area contributed by atoms with Gasteiger partial charge in [-0.2, -0.15) is 0 Å². The van der Waals surface area contributed by atoms with Gasteiger partial charge in [-0.1, -0.05) is 127 Å². The lowest BCUT2D eigenvalue weighted by molar-refractivity contribution is -0.138. The van der Waals surface area contributed by atoms with Crippen LogP contribution >= 0.6 is 0 Å². The molecule has 0 aromatic heterocycles. The summed E-state index contributed by atoms with van der Waals surface area (Å²) < 4.78 is 15.5. The number of carbonyl (C=O) groups excluding carboxylic acids is 2. The van der Waals surface area contributed by atoms with Gasteiger partial charge in [0.1, 0.15) is 11.5 Å². The van der Waals surface area contributed by atoms with Gasteiger partial charge in [-0.25, -0.2) is 14.4 Å². The fourth-order valence-electron chi connectivity index (χ4n) is 5.37. The van der Waals surface area contributed by atoms with Crippen LogP contribution in [-0.4, -0.2) is 54.2 Å². The van der Waals surface area contributed by atoms with Gasteiger partial charge in [-0.05, 0) is 79.3 Å². The van der Waals surface area contributed by atoms with Gasteiger partial charge in [0.2, 0.25) is 0 Å². The fraction of sp³-hybridized carbons (Fsp3) is 0.435. The minimum absolute atomic E-state index is 0.0483. The number of unbranched alkanes of at least 4 members (excludes halogenated alkanes) is 6. The second-order valence-corrected chi connectivity index (χ2v) is 13.0. The molecule has 0 aliphatic heterocycles. The molecule has 55 heavy (non-hydrogen) atoms. The molecule has 2 aromatic rings. The summed E-state index contributed by atoms with van der Waals surface area (Å²) >= 11 is 0. The lowest BCUT2D eigenvalue weighted by Crippen LogP contribution is -2.14. The molecule has 0 saturated carbocycles. The third-order valence-electron chi connectivity index (χ3n) is 8.61. The molecule has 2 atom stereocenters. The number of ether oxygens (including phenoxy) is 3. The maximum Gasteiger partial charge on any atom is 0.331 e. The molecular formula is C46H62O9. The number of allylic oxidation sites excluding steroid dienone is 5. The fourth-order valence-corrected chi connectivity index (χ4v) is 5.37. The van der Waals surface area contributed by atoms with E-state index in [-0.39, 0.29) is 11.8 Å². The molecule has 2 unspecified atom stereocenters. The van der Waals surface area contributed by atoms with Crippen LogP contribution in [0.25, 0.3) is 12.2 Å². The molecule has 1 aliphatic rings. The molecule has 300 valence electrons. The minimum atomic E-state index is -0.945. The van der Waals surface area contributed by atoms with Gasteiger partial charge in [-0.15, -0.1) is 0 Å². The first-order valence-electron chi connectivity index (χ1n) is 19.5. The average Bonchev–Trinajstić information content (AvgIpc) is 3.19. The van der Waals surface area contributed by atoms with E-state index in [0.29, 0.717) is 31.1 Å². The summed E-state index contributed by atoms with van der Waals surface area (Å²) in [6.07, 6.45) is 26.2. The highest BCUT2D eigenvalue weighted by Crippen LogP contribution is 2.24. The molecule has 3 rings (SSSR count). The van der Waals surface area contributed by atoms with Gasteiger partial charge in [-0.3, -0.25) is 4.79 Å². The Morgan fingerprint density at radius 1 is 0.764 bits per heavy atom. The first kappa shape index (κ1) is 47.8. The van der Waals surface area contributed by atoms with Crippen LogP contribution in [0.5, 0.6) is 11.5 Å². The number of carbonyl (C=O) groups is 4. The molecule has 9 nitrogen and oxygen atoms in total. The lowest BCUT2D eigenvalue weighted by atomic mass is 9.89. The monoisotopic (exact) mass is 758 g/mol. The van der Waals surface area contributed by atoms with Gasteiger partial charge >= 0.3 is 17.9 Å². The minimum Gasteiger partial charge on any atom is -0.497 e. The number of esters is 1. The number of aliphatic carboxylic acids is 2. The van der Waals surface area contributed by atoms with Gasteiger partial charge in [0.05, 0.1) is 26.2 Å². The molecule has 0 amide bonds. The van der Waals surface area contributed by atoms with E-state index in [9.17, 15) is 24.3 Å². The van der Waals surface area contributed by atoms with Crippen LogP contribution < -0.4 is 9.47 Å². The number of carboxylic acid groups (broad SMARTS) is 2. The molecule has 0 spiro atoms. The van der Waals surface area contributed by atoms with Gasteiger partial charge in [0.15, 0.2) is 5.78 Å². The number of methoxy groups -OCH3 is 1. The van der Waals surface area contributed by atoms with Crippen LogP contribution in [0.2, 0.25) is 0 Å². The van der Waals surface area contributed by atoms with Crippen LogP contribution in [0.1, 0.15) is 109 Å². The summed E-state index contributed by atoms with van der Waals surface area (Å²) in [5.41, 5.74) is 2.16. The molecule has 2 aromatic carbocycles. The molecule has 0 bridgehead atoms. The van der Waals surface area contributed by atoms with Crippen LogP contribution in [0.3, 0.4) is 0 Å². The zero-order chi connectivity index (χ0) is 40.7. The summed E-state index contributed by atoms with van der Waals surface area (Å²) in [6, 6.07) is 14.8. The van der Waals surface area contributed by atoms with Crippen molar-refractivity contribution in [3.05, 3.63) is 108 Å². The first-order chi connectivity index (χ1) is 26.6. The molecule has 0 fully saturated rings. The SMILES string of the molecule is CCCCC(CC)CC(=CC1C=CC=CC1=O)C(=O)O.CCCCCCCCOC(=O)C=Cc1ccc(OC)cc1.CCOc1ccc(C=CC(=O)O)cc1. The molecule has 0 heterocycles. The highest BCUT2D eigenvalue weighted by atomic mass is 16.5. The smallest absolute Gasteiger partial charge is 0.331 e. The third kappa shape index (κ3) is 23.3. The van der Waals surface area contributed by atoms with Gasteiger partial charge < -0.3 is 24.4 Å². The van der Waals surface area contributed by atoms with Crippen molar-refractivity contribution in [3.8, 4) is 11.5 Å². The zero-order valence-corrected chi connectivity index (χ0v) is 33.4. The van der Waals surface area contributed by atoms with Crippen LogP contribution in [0, 0.1) is 11.8 Å². The van der Waals surface area contributed by atoms with E-state index in [1.54, 1.807) is 37.5 Å². The summed E-state index contributed by atoms with van der Waals surface area (Å²) in [5, 5.41) is 17.7. The summed E-state index contributed by atoms with van der Waals surface area (Å²) in [6.45, 7) is 9.49. The van der Waals surface area contributed by atoms with E-state index in [1.807, 2.05) is 55.5 Å². The first-order valence-corrected chi connectivity index (χ1v) is 19.5. The van der Waals surface area contributed by atoms with Crippen molar-refractivity contribution in [1.29, 1.82) is 0 Å². The maximum absolute atomic E-state index is 11.7. The Bertz CT molecular complexity index is 1550. The van der Waals surface area contributed by atoms with E-state index in [2.05, 4.69) is 20.8 Å². The summed E-state index contributed by atoms with van der Waals surface area (Å²) in [5.74, 6) is -0.620. The number of rotatable bonds is 22. The van der Waals surface area contributed by atoms with E-state index in [1.165, 1.54) is 43.9 Å². The van der Waals surface area contributed by atoms with Crippen LogP contribution in [0.15, 0.2) is 96.6 Å². The predicted octanol–water partition coefficient (Wildman–Crippen LogP) is 10.7. The van der Waals surface area contributed by atoms with Crippen LogP contribution in [-0.2, 0) is 23.9 Å². The van der Waals surface area contributed by atoms with Crippen molar-refractivity contribution in [1.82, 2.24) is 0 Å².